The van der Waals surface area contributed by atoms with Gasteiger partial charge in [-0.2, -0.15) is 0 Å². The summed E-state index contributed by atoms with van der Waals surface area (Å²) in [6.45, 7) is 4.65. The maximum Gasteiger partial charge on any atom is 0.341 e. The van der Waals surface area contributed by atoms with E-state index in [-0.39, 0.29) is 11.9 Å². The maximum absolute atomic E-state index is 12.1. The number of esters is 1. The number of carbonyl (C=O) groups excluding carboxylic acids is 2. The Labute approximate surface area is 116 Å². The Kier molecular flexibility index (Phi) is 4.21. The predicted molar refractivity (Wildman–Crippen MR) is 74.8 cm³/mol. The smallest absolute Gasteiger partial charge is 0.341 e. The van der Waals surface area contributed by atoms with E-state index in [1.54, 1.807) is 0 Å². The van der Waals surface area contributed by atoms with Crippen molar-refractivity contribution in [3.8, 4) is 0 Å². The van der Waals surface area contributed by atoms with Gasteiger partial charge in [-0.3, -0.25) is 4.79 Å². The minimum atomic E-state index is -0.406. The molecule has 1 fully saturated rings. The maximum atomic E-state index is 12.1. The Morgan fingerprint density at radius 3 is 2.74 bits per heavy atom. The van der Waals surface area contributed by atoms with E-state index in [2.05, 4.69) is 10.6 Å². The molecular formula is C13H18N2O3S. The summed E-state index contributed by atoms with van der Waals surface area (Å²) >= 11 is 1.41. The van der Waals surface area contributed by atoms with Crippen molar-refractivity contribution in [3.63, 3.8) is 0 Å². The average molecular weight is 282 g/mol. The molecule has 0 radical (unpaired) electrons. The average Bonchev–Trinajstić information content (AvgIpc) is 2.99. The molecule has 6 heteroatoms. The Morgan fingerprint density at radius 1 is 1.42 bits per heavy atom. The zero-order valence-corrected chi connectivity index (χ0v) is 12.1. The van der Waals surface area contributed by atoms with Gasteiger partial charge in [-0.25, -0.2) is 4.79 Å². The van der Waals surface area contributed by atoms with Crippen LogP contribution >= 0.6 is 11.3 Å². The number of rotatable bonds is 3. The Bertz CT molecular complexity index is 504. The van der Waals surface area contributed by atoms with Crippen molar-refractivity contribution in [2.24, 2.45) is 0 Å². The molecule has 1 aromatic heterocycles. The van der Waals surface area contributed by atoms with Crippen molar-refractivity contribution in [2.75, 3.05) is 19.0 Å². The van der Waals surface area contributed by atoms with Gasteiger partial charge < -0.3 is 15.4 Å². The lowest BCUT2D eigenvalue weighted by molar-refractivity contribution is -0.117. The van der Waals surface area contributed by atoms with E-state index >= 15 is 0 Å². The highest BCUT2D eigenvalue weighted by molar-refractivity contribution is 7.16. The van der Waals surface area contributed by atoms with E-state index in [1.165, 1.54) is 18.4 Å². The first kappa shape index (κ1) is 14.0. The monoisotopic (exact) mass is 282 g/mol. The molecule has 5 nitrogen and oxygen atoms in total. The molecule has 2 heterocycles. The van der Waals surface area contributed by atoms with Gasteiger partial charge in [-0.05, 0) is 38.8 Å². The lowest BCUT2D eigenvalue weighted by Crippen LogP contribution is -2.35. The van der Waals surface area contributed by atoms with Gasteiger partial charge >= 0.3 is 5.97 Å². The quantitative estimate of drug-likeness (QED) is 0.830. The van der Waals surface area contributed by atoms with E-state index < -0.39 is 5.97 Å². The van der Waals surface area contributed by atoms with Gasteiger partial charge in [0, 0.05) is 4.88 Å². The van der Waals surface area contributed by atoms with Crippen LogP contribution in [-0.2, 0) is 9.53 Å². The largest absolute Gasteiger partial charge is 0.465 e. The molecule has 1 atom stereocenters. The summed E-state index contributed by atoms with van der Waals surface area (Å²) in [4.78, 5) is 24.9. The number of hydrogen-bond acceptors (Lipinski definition) is 5. The van der Waals surface area contributed by atoms with Gasteiger partial charge in [0.2, 0.25) is 5.91 Å². The molecule has 2 N–H and O–H groups in total. The fourth-order valence-corrected chi connectivity index (χ4v) is 3.22. The lowest BCUT2D eigenvalue weighted by Gasteiger charge is -2.11. The predicted octanol–water partition coefficient (Wildman–Crippen LogP) is 1.84. The molecule has 0 unspecified atom stereocenters. The summed E-state index contributed by atoms with van der Waals surface area (Å²) in [5.74, 6) is -0.486. The number of carbonyl (C=O) groups is 2. The molecule has 1 aromatic rings. The number of amides is 1. The standard InChI is InChI=1S/C13H18N2O3S/c1-7-8(2)19-12(10(7)13(17)18-3)15-11(16)9-5-4-6-14-9/h9,14H,4-6H2,1-3H3,(H,15,16)/t9-/m0/s1. The van der Waals surface area contributed by atoms with Crippen LogP contribution in [0.25, 0.3) is 0 Å². The highest BCUT2D eigenvalue weighted by atomic mass is 32.1. The molecule has 2 rings (SSSR count). The Balaban J connectivity index is 2.22. The SMILES string of the molecule is COC(=O)c1c(NC(=O)[C@@H]2CCCN2)sc(C)c1C. The molecule has 1 saturated heterocycles. The first-order valence-corrected chi connectivity index (χ1v) is 7.08. The fraction of sp³-hybridized carbons (Fsp3) is 0.538. The van der Waals surface area contributed by atoms with Gasteiger partial charge in [0.05, 0.1) is 18.7 Å². The Morgan fingerprint density at radius 2 is 2.16 bits per heavy atom. The van der Waals surface area contributed by atoms with Crippen LogP contribution in [0.15, 0.2) is 0 Å². The fourth-order valence-electron chi connectivity index (χ4n) is 2.17. The zero-order chi connectivity index (χ0) is 14.0. The summed E-state index contributed by atoms with van der Waals surface area (Å²) < 4.78 is 4.78. The summed E-state index contributed by atoms with van der Waals surface area (Å²) in [5, 5.41) is 6.57. The number of hydrogen-bond donors (Lipinski definition) is 2. The van der Waals surface area contributed by atoms with Crippen LogP contribution in [0.2, 0.25) is 0 Å². The van der Waals surface area contributed by atoms with Crippen molar-refractivity contribution in [2.45, 2.75) is 32.7 Å². The molecular weight excluding hydrogens is 264 g/mol. The van der Waals surface area contributed by atoms with Gasteiger partial charge in [0.25, 0.3) is 0 Å². The van der Waals surface area contributed by atoms with Gasteiger partial charge in [0.1, 0.15) is 5.00 Å². The second kappa shape index (κ2) is 5.71. The van der Waals surface area contributed by atoms with Crippen LogP contribution in [0.4, 0.5) is 5.00 Å². The van der Waals surface area contributed by atoms with E-state index in [1.807, 2.05) is 13.8 Å². The van der Waals surface area contributed by atoms with Crippen LogP contribution in [0.3, 0.4) is 0 Å². The molecule has 0 aromatic carbocycles. The third kappa shape index (κ3) is 2.79. The van der Waals surface area contributed by atoms with Crippen LogP contribution in [0, 0.1) is 13.8 Å². The molecule has 0 aliphatic carbocycles. The first-order valence-electron chi connectivity index (χ1n) is 6.27. The molecule has 0 bridgehead atoms. The summed E-state index contributed by atoms with van der Waals surface area (Å²) in [6, 6.07) is -0.159. The summed E-state index contributed by atoms with van der Waals surface area (Å²) in [5.41, 5.74) is 1.34. The van der Waals surface area contributed by atoms with Gasteiger partial charge in [-0.15, -0.1) is 11.3 Å². The number of thiophene rings is 1. The van der Waals surface area contributed by atoms with E-state index in [4.69, 9.17) is 4.74 Å². The zero-order valence-electron chi connectivity index (χ0n) is 11.3. The second-order valence-electron chi connectivity index (χ2n) is 4.62. The number of anilines is 1. The van der Waals surface area contributed by atoms with Crippen LogP contribution < -0.4 is 10.6 Å². The molecule has 104 valence electrons. The number of aryl methyl sites for hydroxylation is 1. The molecule has 1 aliphatic rings. The Hall–Kier alpha value is -1.40. The van der Waals surface area contributed by atoms with E-state index in [0.717, 1.165) is 29.8 Å². The number of nitrogens with one attached hydrogen (secondary N) is 2. The third-order valence-electron chi connectivity index (χ3n) is 3.39. The van der Waals surface area contributed by atoms with Crippen molar-refractivity contribution >= 4 is 28.2 Å². The molecule has 0 saturated carbocycles. The second-order valence-corrected chi connectivity index (χ2v) is 5.84. The topological polar surface area (TPSA) is 67.4 Å². The van der Waals surface area contributed by atoms with Gasteiger partial charge in [-0.1, -0.05) is 0 Å². The first-order chi connectivity index (χ1) is 9.04. The van der Waals surface area contributed by atoms with E-state index in [0.29, 0.717) is 10.6 Å². The van der Waals surface area contributed by atoms with Crippen LogP contribution in [-0.4, -0.2) is 31.6 Å². The minimum Gasteiger partial charge on any atom is -0.465 e. The summed E-state index contributed by atoms with van der Waals surface area (Å²) in [7, 11) is 1.35. The normalized spacial score (nSPS) is 18.4. The molecule has 0 spiro atoms. The van der Waals surface area contributed by atoms with Crippen LogP contribution in [0.1, 0.15) is 33.6 Å². The van der Waals surface area contributed by atoms with Crippen molar-refractivity contribution in [3.05, 3.63) is 16.0 Å². The number of ether oxygens (including phenoxy) is 1. The van der Waals surface area contributed by atoms with Crippen LogP contribution in [0.5, 0.6) is 0 Å². The van der Waals surface area contributed by atoms with Crippen molar-refractivity contribution < 1.29 is 14.3 Å². The van der Waals surface area contributed by atoms with Crippen molar-refractivity contribution in [1.82, 2.24) is 5.32 Å². The highest BCUT2D eigenvalue weighted by Gasteiger charge is 2.26. The molecule has 1 aliphatic heterocycles. The highest BCUT2D eigenvalue weighted by Crippen LogP contribution is 2.33. The van der Waals surface area contributed by atoms with Crippen molar-refractivity contribution in [1.29, 1.82) is 0 Å². The molecule has 1 amide bonds. The molecule has 19 heavy (non-hydrogen) atoms. The van der Waals surface area contributed by atoms with E-state index in [9.17, 15) is 9.59 Å². The lowest BCUT2D eigenvalue weighted by atomic mass is 10.1. The summed E-state index contributed by atoms with van der Waals surface area (Å²) in [6.07, 6.45) is 1.84. The number of methoxy groups -OCH3 is 1. The minimum absolute atomic E-state index is 0.0797. The third-order valence-corrected chi connectivity index (χ3v) is 4.51. The van der Waals surface area contributed by atoms with Gasteiger partial charge in [0.15, 0.2) is 0 Å².